The normalized spacial score (nSPS) is 17.5. The van der Waals surface area contributed by atoms with Gasteiger partial charge in [-0.3, -0.25) is 28.8 Å². The zero-order valence-corrected chi connectivity index (χ0v) is 28.4. The third-order valence-electron chi connectivity index (χ3n) is 7.90. The zero-order chi connectivity index (χ0) is 36.1. The van der Waals surface area contributed by atoms with E-state index in [2.05, 4.69) is 21.3 Å². The Bertz CT molecular complexity index is 1310. The minimum Gasteiger partial charge on any atom is -0.480 e. The number of carbonyl (C=O) groups excluding carboxylic acids is 6. The van der Waals surface area contributed by atoms with Crippen LogP contribution in [0.3, 0.4) is 0 Å². The lowest BCUT2D eigenvalue weighted by atomic mass is 9.99. The molecule has 0 saturated carbocycles. The van der Waals surface area contributed by atoms with Crippen molar-refractivity contribution in [2.24, 2.45) is 23.3 Å². The number of likely N-dealkylation sites (tertiary alicyclic amines) is 1. The summed E-state index contributed by atoms with van der Waals surface area (Å²) in [6.45, 7) is 9.17. The molecule has 1 aliphatic heterocycles. The van der Waals surface area contributed by atoms with E-state index in [0.717, 1.165) is 5.56 Å². The van der Waals surface area contributed by atoms with Gasteiger partial charge in [-0.1, -0.05) is 58.0 Å². The molecule has 1 heterocycles. The van der Waals surface area contributed by atoms with Crippen LogP contribution in [0.25, 0.3) is 0 Å². The van der Waals surface area contributed by atoms with Gasteiger partial charge in [0, 0.05) is 6.54 Å². The Morgan fingerprint density at radius 3 is 1.88 bits per heavy atom. The molecule has 1 fully saturated rings. The SMILES string of the molecule is CC(C)C[C@H](NC(=O)[C@H](CC(C)C)NC(=O)[C@@H](N)Cc1ccccc1)C(=O)N[C@@H](C)C(=O)N1CCC[C@H]1C(=O)N[C@@H](CC(N)=O)C(=O)O. The fourth-order valence-corrected chi connectivity index (χ4v) is 5.51. The maximum absolute atomic E-state index is 13.5. The van der Waals surface area contributed by atoms with Crippen LogP contribution in [0.5, 0.6) is 0 Å². The minimum absolute atomic E-state index is 0.0218. The molecular weight excluding hydrogens is 622 g/mol. The van der Waals surface area contributed by atoms with Gasteiger partial charge in [0.15, 0.2) is 0 Å². The topological polar surface area (TPSA) is 243 Å². The van der Waals surface area contributed by atoms with Gasteiger partial charge in [-0.05, 0) is 56.4 Å². The van der Waals surface area contributed by atoms with Crippen molar-refractivity contribution in [1.82, 2.24) is 26.2 Å². The Balaban J connectivity index is 2.11. The molecule has 0 aliphatic carbocycles. The molecule has 48 heavy (non-hydrogen) atoms. The van der Waals surface area contributed by atoms with E-state index in [-0.39, 0.29) is 37.6 Å². The van der Waals surface area contributed by atoms with Crippen LogP contribution in [0, 0.1) is 11.8 Å². The van der Waals surface area contributed by atoms with Gasteiger partial charge in [-0.15, -0.1) is 0 Å². The van der Waals surface area contributed by atoms with Crippen molar-refractivity contribution < 1.29 is 38.7 Å². The quantitative estimate of drug-likeness (QED) is 0.107. The van der Waals surface area contributed by atoms with Crippen LogP contribution in [-0.4, -0.2) is 94.2 Å². The number of aliphatic carboxylic acids is 1. The lowest BCUT2D eigenvalue weighted by Crippen LogP contribution is -2.59. The molecule has 15 heteroatoms. The average molecular weight is 674 g/mol. The number of nitrogens with two attached hydrogens (primary N) is 2. The van der Waals surface area contributed by atoms with Gasteiger partial charge in [-0.2, -0.15) is 0 Å². The Morgan fingerprint density at radius 1 is 0.812 bits per heavy atom. The molecule has 0 radical (unpaired) electrons. The fraction of sp³-hybridized carbons (Fsp3) is 0.606. The summed E-state index contributed by atoms with van der Waals surface area (Å²) in [5, 5.41) is 19.7. The van der Waals surface area contributed by atoms with E-state index in [4.69, 9.17) is 11.5 Å². The average Bonchev–Trinajstić information content (AvgIpc) is 3.49. The van der Waals surface area contributed by atoms with Crippen molar-refractivity contribution in [2.75, 3.05) is 6.54 Å². The lowest BCUT2D eigenvalue weighted by molar-refractivity contribution is -0.145. The molecule has 266 valence electrons. The van der Waals surface area contributed by atoms with E-state index in [1.54, 1.807) is 0 Å². The maximum atomic E-state index is 13.5. The summed E-state index contributed by atoms with van der Waals surface area (Å²) in [6.07, 6.45) is 0.910. The first-order valence-electron chi connectivity index (χ1n) is 16.3. The van der Waals surface area contributed by atoms with Crippen molar-refractivity contribution >= 4 is 41.4 Å². The summed E-state index contributed by atoms with van der Waals surface area (Å²) < 4.78 is 0. The number of carbonyl (C=O) groups is 7. The molecule has 6 atom stereocenters. The van der Waals surface area contributed by atoms with Crippen molar-refractivity contribution in [3.8, 4) is 0 Å². The molecule has 1 aromatic carbocycles. The smallest absolute Gasteiger partial charge is 0.326 e. The number of primary amides is 1. The van der Waals surface area contributed by atoms with Crippen LogP contribution in [0.1, 0.15) is 72.3 Å². The standard InChI is InChI=1S/C33H51N7O8/c1-18(2)14-23(38-30(44)24(15-19(3)4)37-28(42)22(34)16-21-10-7-6-8-11-21)29(43)36-20(5)32(46)40-13-9-12-26(40)31(45)39-25(33(47)48)17-27(35)41/h6-8,10-11,18-20,22-26H,9,12-17,34H2,1-5H3,(H2,35,41)(H,36,43)(H,37,42)(H,38,44)(H,39,45)(H,47,48)/t20-,22-,23-,24-,25-,26-/m0/s1. The van der Waals surface area contributed by atoms with E-state index >= 15 is 0 Å². The number of nitrogens with zero attached hydrogens (tertiary/aromatic N) is 1. The fourth-order valence-electron chi connectivity index (χ4n) is 5.51. The van der Waals surface area contributed by atoms with E-state index in [1.165, 1.54) is 11.8 Å². The maximum Gasteiger partial charge on any atom is 0.326 e. The van der Waals surface area contributed by atoms with Crippen molar-refractivity contribution in [3.05, 3.63) is 35.9 Å². The third-order valence-corrected chi connectivity index (χ3v) is 7.90. The van der Waals surface area contributed by atoms with Crippen molar-refractivity contribution in [3.63, 3.8) is 0 Å². The molecule has 1 aliphatic rings. The van der Waals surface area contributed by atoms with Gasteiger partial charge in [0.25, 0.3) is 0 Å². The highest BCUT2D eigenvalue weighted by Crippen LogP contribution is 2.19. The van der Waals surface area contributed by atoms with Crippen LogP contribution >= 0.6 is 0 Å². The number of nitrogens with one attached hydrogen (secondary N) is 4. The number of rotatable bonds is 18. The van der Waals surface area contributed by atoms with Gasteiger partial charge < -0.3 is 42.7 Å². The Morgan fingerprint density at radius 2 is 1.35 bits per heavy atom. The first kappa shape index (κ1) is 39.6. The molecule has 6 amide bonds. The predicted molar refractivity (Wildman–Crippen MR) is 177 cm³/mol. The lowest BCUT2D eigenvalue weighted by Gasteiger charge is -2.29. The molecule has 9 N–H and O–H groups in total. The summed E-state index contributed by atoms with van der Waals surface area (Å²) >= 11 is 0. The van der Waals surface area contributed by atoms with Gasteiger partial charge in [0.2, 0.25) is 35.4 Å². The highest BCUT2D eigenvalue weighted by Gasteiger charge is 2.39. The second-order valence-electron chi connectivity index (χ2n) is 13.2. The van der Waals surface area contributed by atoms with Crippen LogP contribution in [0.4, 0.5) is 0 Å². The second-order valence-corrected chi connectivity index (χ2v) is 13.2. The van der Waals surface area contributed by atoms with E-state index in [1.807, 2.05) is 58.0 Å². The number of hydrogen-bond acceptors (Lipinski definition) is 8. The summed E-state index contributed by atoms with van der Waals surface area (Å²) in [5.41, 5.74) is 12.1. The molecule has 0 aromatic heterocycles. The van der Waals surface area contributed by atoms with Gasteiger partial charge >= 0.3 is 5.97 Å². The summed E-state index contributed by atoms with van der Waals surface area (Å²) in [7, 11) is 0. The first-order chi connectivity index (χ1) is 22.5. The zero-order valence-electron chi connectivity index (χ0n) is 28.4. The summed E-state index contributed by atoms with van der Waals surface area (Å²) in [4.78, 5) is 90.3. The largest absolute Gasteiger partial charge is 0.480 e. The minimum atomic E-state index is -1.55. The number of benzene rings is 1. The van der Waals surface area contributed by atoms with Gasteiger partial charge in [0.1, 0.15) is 30.2 Å². The number of amides is 6. The highest BCUT2D eigenvalue weighted by atomic mass is 16.4. The highest BCUT2D eigenvalue weighted by molar-refractivity contribution is 5.96. The van der Waals surface area contributed by atoms with Gasteiger partial charge in [0.05, 0.1) is 12.5 Å². The summed E-state index contributed by atoms with van der Waals surface area (Å²) in [5.74, 6) is -5.38. The summed E-state index contributed by atoms with van der Waals surface area (Å²) in [6, 6.07) is 2.69. The molecule has 0 unspecified atom stereocenters. The van der Waals surface area contributed by atoms with Crippen LogP contribution in [0.15, 0.2) is 30.3 Å². The molecular formula is C33H51N7O8. The van der Waals surface area contributed by atoms with Crippen molar-refractivity contribution in [1.29, 1.82) is 0 Å². The Hall–Kier alpha value is -4.53. The van der Waals surface area contributed by atoms with Crippen LogP contribution in [0.2, 0.25) is 0 Å². The molecule has 2 rings (SSSR count). The van der Waals surface area contributed by atoms with Crippen molar-refractivity contribution in [2.45, 2.75) is 109 Å². The molecule has 15 nitrogen and oxygen atoms in total. The molecule has 1 aromatic rings. The third kappa shape index (κ3) is 12.6. The predicted octanol–water partition coefficient (Wildman–Crippen LogP) is -0.441. The Kier molecular flexibility index (Phi) is 15.5. The number of hydrogen-bond donors (Lipinski definition) is 7. The monoisotopic (exact) mass is 673 g/mol. The molecule has 1 saturated heterocycles. The molecule has 0 spiro atoms. The number of carboxylic acids is 1. The van der Waals surface area contributed by atoms with Crippen LogP contribution in [-0.2, 0) is 40.0 Å². The second kappa shape index (κ2) is 18.7. The van der Waals surface area contributed by atoms with E-state index in [0.29, 0.717) is 12.8 Å². The van der Waals surface area contributed by atoms with E-state index in [9.17, 15) is 38.7 Å². The van der Waals surface area contributed by atoms with E-state index < -0.39 is 84.1 Å². The first-order valence-corrected chi connectivity index (χ1v) is 16.3. The molecule has 0 bridgehead atoms. The number of carboxylic acid groups (broad SMARTS) is 1. The van der Waals surface area contributed by atoms with Gasteiger partial charge in [-0.25, -0.2) is 4.79 Å². The van der Waals surface area contributed by atoms with Crippen LogP contribution < -0.4 is 32.7 Å². The Labute approximate surface area is 281 Å².